The molecule has 3 heterocycles. The zero-order valence-electron chi connectivity index (χ0n) is 13.0. The van der Waals surface area contributed by atoms with E-state index in [2.05, 4.69) is 57.8 Å². The molecular weight excluding hydrogens is 284 g/mol. The zero-order valence-corrected chi connectivity index (χ0v) is 13.0. The fraction of sp³-hybridized carbons (Fsp3) is 0.263. The minimum Gasteiger partial charge on any atom is -0.363 e. The third kappa shape index (κ3) is 1.78. The maximum Gasteiger partial charge on any atom is 0.132 e. The predicted molar refractivity (Wildman–Crippen MR) is 91.4 cm³/mol. The summed E-state index contributed by atoms with van der Waals surface area (Å²) >= 11 is 0. The molecular formula is C19H18N4. The van der Waals surface area contributed by atoms with Gasteiger partial charge in [-0.2, -0.15) is 0 Å². The van der Waals surface area contributed by atoms with Gasteiger partial charge in [-0.3, -0.25) is 0 Å². The molecule has 0 amide bonds. The van der Waals surface area contributed by atoms with Gasteiger partial charge >= 0.3 is 0 Å². The summed E-state index contributed by atoms with van der Waals surface area (Å²) in [7, 11) is 0. The zero-order chi connectivity index (χ0) is 15.4. The second-order valence-corrected chi connectivity index (χ2v) is 6.47. The first-order valence-electron chi connectivity index (χ1n) is 8.14. The Hall–Kier alpha value is -2.62. The van der Waals surface area contributed by atoms with Crippen molar-refractivity contribution in [2.24, 2.45) is 5.92 Å². The van der Waals surface area contributed by atoms with E-state index in [1.807, 2.05) is 6.92 Å². The summed E-state index contributed by atoms with van der Waals surface area (Å²) in [6.07, 6.45) is 7.51. The minimum atomic E-state index is 0.298. The van der Waals surface area contributed by atoms with Crippen LogP contribution in [0.1, 0.15) is 35.2 Å². The molecule has 23 heavy (non-hydrogen) atoms. The first kappa shape index (κ1) is 12.9. The number of aryl methyl sites for hydroxylation is 1. The van der Waals surface area contributed by atoms with E-state index in [1.165, 1.54) is 11.1 Å². The van der Waals surface area contributed by atoms with Gasteiger partial charge in [0.05, 0.1) is 29.1 Å². The number of fused-ring (bicyclic) bond motifs is 5. The Kier molecular flexibility index (Phi) is 2.62. The number of nitrogens with one attached hydrogen (secondary N) is 2. The highest BCUT2D eigenvalue weighted by molar-refractivity contribution is 5.86. The topological polar surface area (TPSA) is 53.6 Å². The third-order valence-corrected chi connectivity index (χ3v) is 5.22. The van der Waals surface area contributed by atoms with Crippen molar-refractivity contribution in [1.82, 2.24) is 15.0 Å². The van der Waals surface area contributed by atoms with Crippen molar-refractivity contribution in [2.45, 2.75) is 25.3 Å². The quantitative estimate of drug-likeness (QED) is 0.666. The standard InChI is InChI=1S/C19H18N4/c1-11-16-18(21-10-20-16)15-13-8-5-9-14(13)17(23-19(15)22-11)12-6-3-2-4-7-12/h2-8,10,13-14,17H,9H2,1H3,(H,20,21)(H,22,23). The van der Waals surface area contributed by atoms with E-state index >= 15 is 0 Å². The van der Waals surface area contributed by atoms with Gasteiger partial charge in [0.25, 0.3) is 0 Å². The molecule has 2 aromatic heterocycles. The molecule has 2 N–H and O–H groups in total. The van der Waals surface area contributed by atoms with Crippen LogP contribution in [0, 0.1) is 12.8 Å². The molecule has 3 unspecified atom stereocenters. The van der Waals surface area contributed by atoms with Crippen molar-refractivity contribution >= 4 is 16.9 Å². The minimum absolute atomic E-state index is 0.298. The number of allylic oxidation sites excluding steroid dienone is 2. The molecule has 114 valence electrons. The summed E-state index contributed by atoms with van der Waals surface area (Å²) in [5.74, 6) is 1.90. The second kappa shape index (κ2) is 4.69. The number of hydrogen-bond donors (Lipinski definition) is 2. The maximum absolute atomic E-state index is 4.83. The van der Waals surface area contributed by atoms with E-state index in [0.717, 1.165) is 29.0 Å². The fourth-order valence-electron chi connectivity index (χ4n) is 4.17. The third-order valence-electron chi connectivity index (χ3n) is 5.22. The van der Waals surface area contributed by atoms with Crippen LogP contribution >= 0.6 is 0 Å². The first-order chi connectivity index (χ1) is 11.3. The van der Waals surface area contributed by atoms with Crippen LogP contribution in [0.2, 0.25) is 0 Å². The summed E-state index contributed by atoms with van der Waals surface area (Å²) in [5, 5.41) is 3.70. The highest BCUT2D eigenvalue weighted by atomic mass is 15.1. The Bertz CT molecular complexity index is 910. The van der Waals surface area contributed by atoms with Gasteiger partial charge in [-0.15, -0.1) is 0 Å². The number of hydrogen-bond acceptors (Lipinski definition) is 3. The summed E-state index contributed by atoms with van der Waals surface area (Å²) in [4.78, 5) is 12.7. The van der Waals surface area contributed by atoms with E-state index in [4.69, 9.17) is 4.98 Å². The van der Waals surface area contributed by atoms with Crippen molar-refractivity contribution in [2.75, 3.05) is 5.32 Å². The van der Waals surface area contributed by atoms with E-state index in [9.17, 15) is 0 Å². The van der Waals surface area contributed by atoms with E-state index in [-0.39, 0.29) is 0 Å². The molecule has 0 spiro atoms. The lowest BCUT2D eigenvalue weighted by atomic mass is 9.77. The van der Waals surface area contributed by atoms with E-state index in [1.54, 1.807) is 6.33 Å². The van der Waals surface area contributed by atoms with Gasteiger partial charge in [0.2, 0.25) is 0 Å². The summed E-state index contributed by atoms with van der Waals surface area (Å²) < 4.78 is 0. The molecule has 0 radical (unpaired) electrons. The Balaban J connectivity index is 1.72. The number of aromatic nitrogens is 3. The smallest absolute Gasteiger partial charge is 0.132 e. The largest absolute Gasteiger partial charge is 0.363 e. The van der Waals surface area contributed by atoms with Crippen molar-refractivity contribution < 1.29 is 0 Å². The molecule has 5 rings (SSSR count). The predicted octanol–water partition coefficient (Wildman–Crippen LogP) is 4.09. The Morgan fingerprint density at radius 1 is 1.17 bits per heavy atom. The van der Waals surface area contributed by atoms with Gasteiger partial charge in [0.15, 0.2) is 0 Å². The van der Waals surface area contributed by atoms with Crippen LogP contribution in [0.15, 0.2) is 48.8 Å². The number of imidazole rings is 1. The highest BCUT2D eigenvalue weighted by Crippen LogP contribution is 2.50. The number of benzene rings is 1. The molecule has 1 aliphatic carbocycles. The maximum atomic E-state index is 4.83. The summed E-state index contributed by atoms with van der Waals surface area (Å²) in [6.45, 7) is 2.04. The van der Waals surface area contributed by atoms with Crippen molar-refractivity contribution in [3.8, 4) is 0 Å². The van der Waals surface area contributed by atoms with Crippen LogP contribution in [0.3, 0.4) is 0 Å². The van der Waals surface area contributed by atoms with Gasteiger partial charge < -0.3 is 10.3 Å². The first-order valence-corrected chi connectivity index (χ1v) is 8.14. The van der Waals surface area contributed by atoms with Crippen LogP contribution in [0.5, 0.6) is 0 Å². The molecule has 1 aliphatic heterocycles. The van der Waals surface area contributed by atoms with Crippen LogP contribution in [-0.4, -0.2) is 15.0 Å². The molecule has 4 heteroatoms. The fourth-order valence-corrected chi connectivity index (χ4v) is 4.17. The molecule has 4 nitrogen and oxygen atoms in total. The molecule has 0 bridgehead atoms. The van der Waals surface area contributed by atoms with Gasteiger partial charge in [0, 0.05) is 11.5 Å². The monoisotopic (exact) mass is 302 g/mol. The summed E-state index contributed by atoms with van der Waals surface area (Å²) in [5.41, 5.74) is 5.70. The van der Waals surface area contributed by atoms with Gasteiger partial charge in [-0.1, -0.05) is 42.5 Å². The summed E-state index contributed by atoms with van der Waals surface area (Å²) in [6, 6.07) is 11.0. The average Bonchev–Trinajstić information content (AvgIpc) is 3.24. The van der Waals surface area contributed by atoms with Crippen LogP contribution < -0.4 is 5.32 Å². The number of nitrogens with zero attached hydrogens (tertiary/aromatic N) is 2. The number of anilines is 1. The highest BCUT2D eigenvalue weighted by Gasteiger charge is 2.40. The van der Waals surface area contributed by atoms with Crippen LogP contribution in [0.4, 0.5) is 5.82 Å². The molecule has 3 aromatic rings. The lowest BCUT2D eigenvalue weighted by Crippen LogP contribution is -2.30. The molecule has 1 aromatic carbocycles. The van der Waals surface area contributed by atoms with Gasteiger partial charge in [-0.25, -0.2) is 9.97 Å². The number of pyridine rings is 1. The number of rotatable bonds is 1. The van der Waals surface area contributed by atoms with Crippen LogP contribution in [0.25, 0.3) is 11.0 Å². The average molecular weight is 302 g/mol. The Morgan fingerprint density at radius 3 is 2.91 bits per heavy atom. The van der Waals surface area contributed by atoms with Gasteiger partial charge in [0.1, 0.15) is 5.82 Å². The van der Waals surface area contributed by atoms with Crippen molar-refractivity contribution in [3.63, 3.8) is 0 Å². The lowest BCUT2D eigenvalue weighted by molar-refractivity contribution is 0.424. The molecule has 3 atom stereocenters. The molecule has 0 saturated carbocycles. The van der Waals surface area contributed by atoms with Gasteiger partial charge in [-0.05, 0) is 24.8 Å². The molecule has 0 saturated heterocycles. The Morgan fingerprint density at radius 2 is 2.04 bits per heavy atom. The normalized spacial score (nSPS) is 25.2. The molecule has 0 fully saturated rings. The second-order valence-electron chi connectivity index (χ2n) is 6.47. The Labute approximate surface area is 134 Å². The van der Waals surface area contributed by atoms with E-state index < -0.39 is 0 Å². The van der Waals surface area contributed by atoms with Crippen LogP contribution in [-0.2, 0) is 0 Å². The van der Waals surface area contributed by atoms with Crippen molar-refractivity contribution in [3.05, 3.63) is 65.6 Å². The van der Waals surface area contributed by atoms with E-state index in [0.29, 0.717) is 17.9 Å². The number of H-pyrrole nitrogens is 1. The number of aromatic amines is 1. The SMILES string of the molecule is Cc1nc2c(c3nc[nH]c13)C1C=CCC1C(c1ccccc1)N2. The van der Waals surface area contributed by atoms with Crippen molar-refractivity contribution in [1.29, 1.82) is 0 Å². The lowest BCUT2D eigenvalue weighted by Gasteiger charge is -2.37. The molecule has 2 aliphatic rings.